The van der Waals surface area contributed by atoms with Crippen LogP contribution < -0.4 is 5.73 Å². The highest BCUT2D eigenvalue weighted by Crippen LogP contribution is 2.08. The third-order valence-electron chi connectivity index (χ3n) is 2.76. The van der Waals surface area contributed by atoms with Crippen molar-refractivity contribution in [3.8, 4) is 0 Å². The lowest BCUT2D eigenvalue weighted by Gasteiger charge is -2.20. The van der Waals surface area contributed by atoms with Crippen LogP contribution in [0.4, 0.5) is 0 Å². The number of rotatable bonds is 6. The van der Waals surface area contributed by atoms with E-state index in [1.807, 2.05) is 11.7 Å². The molecule has 0 unspecified atom stereocenters. The summed E-state index contributed by atoms with van der Waals surface area (Å²) in [6, 6.07) is 0.284. The summed E-state index contributed by atoms with van der Waals surface area (Å²) in [5.41, 5.74) is 8.42. The Bertz CT molecular complexity index is 319. The molecule has 0 saturated heterocycles. The lowest BCUT2D eigenvalue weighted by molar-refractivity contribution is 0.296. The van der Waals surface area contributed by atoms with Gasteiger partial charge in [-0.25, -0.2) is 0 Å². The van der Waals surface area contributed by atoms with Crippen molar-refractivity contribution >= 4 is 0 Å². The molecule has 4 nitrogen and oxygen atoms in total. The summed E-state index contributed by atoms with van der Waals surface area (Å²) in [5, 5.41) is 4.34. The summed E-state index contributed by atoms with van der Waals surface area (Å²) in [4.78, 5) is 2.27. The first kappa shape index (κ1) is 13.2. The molecule has 0 spiro atoms. The van der Waals surface area contributed by atoms with Crippen LogP contribution in [0.2, 0.25) is 0 Å². The molecule has 0 saturated carbocycles. The minimum atomic E-state index is 0.284. The molecule has 2 N–H and O–H groups in total. The van der Waals surface area contributed by atoms with Crippen LogP contribution in [-0.2, 0) is 13.6 Å². The van der Waals surface area contributed by atoms with Crippen molar-refractivity contribution in [3.05, 3.63) is 17.5 Å². The predicted octanol–water partition coefficient (Wildman–Crippen LogP) is 1.29. The summed E-state index contributed by atoms with van der Waals surface area (Å²) < 4.78 is 1.87. The number of hydrogen-bond donors (Lipinski definition) is 1. The first-order valence-corrected chi connectivity index (χ1v) is 5.96. The van der Waals surface area contributed by atoms with Crippen LogP contribution in [0.1, 0.15) is 31.0 Å². The van der Waals surface area contributed by atoms with Crippen molar-refractivity contribution in [2.24, 2.45) is 12.8 Å². The largest absolute Gasteiger partial charge is 0.327 e. The van der Waals surface area contributed by atoms with Gasteiger partial charge in [0.2, 0.25) is 0 Å². The van der Waals surface area contributed by atoms with Gasteiger partial charge in [-0.1, -0.05) is 13.3 Å². The molecule has 4 heteroatoms. The van der Waals surface area contributed by atoms with Gasteiger partial charge in [-0.15, -0.1) is 0 Å². The summed E-state index contributed by atoms with van der Waals surface area (Å²) >= 11 is 0. The first-order chi connectivity index (χ1) is 7.52. The van der Waals surface area contributed by atoms with Gasteiger partial charge in [-0.3, -0.25) is 4.68 Å². The second kappa shape index (κ2) is 6.01. The number of aryl methyl sites for hydroxylation is 2. The van der Waals surface area contributed by atoms with E-state index >= 15 is 0 Å². The highest BCUT2D eigenvalue weighted by molar-refractivity contribution is 5.14. The van der Waals surface area contributed by atoms with E-state index in [4.69, 9.17) is 5.73 Å². The van der Waals surface area contributed by atoms with Crippen LogP contribution in [0.5, 0.6) is 0 Å². The Morgan fingerprint density at radius 1 is 1.56 bits per heavy atom. The van der Waals surface area contributed by atoms with Gasteiger partial charge in [0.05, 0.1) is 5.69 Å². The van der Waals surface area contributed by atoms with Gasteiger partial charge in [0.25, 0.3) is 0 Å². The molecule has 0 aliphatic carbocycles. The van der Waals surface area contributed by atoms with Crippen molar-refractivity contribution in [1.82, 2.24) is 14.7 Å². The van der Waals surface area contributed by atoms with E-state index in [0.29, 0.717) is 0 Å². The fraction of sp³-hybridized carbons (Fsp3) is 0.750. The highest BCUT2D eigenvalue weighted by Gasteiger charge is 2.09. The zero-order chi connectivity index (χ0) is 12.1. The standard InChI is InChI=1S/C12H24N4/c1-5-6-12(13)9-15(3)7-11-8-16(4)14-10(11)2/h8,12H,5-7,9,13H2,1-4H3/t12-/m0/s1. The molecule has 92 valence electrons. The van der Waals surface area contributed by atoms with Crippen LogP contribution >= 0.6 is 0 Å². The van der Waals surface area contributed by atoms with Crippen molar-refractivity contribution in [3.63, 3.8) is 0 Å². The molecule has 1 rings (SSSR count). The van der Waals surface area contributed by atoms with Crippen LogP contribution in [0, 0.1) is 6.92 Å². The highest BCUT2D eigenvalue weighted by atomic mass is 15.3. The zero-order valence-electron chi connectivity index (χ0n) is 10.9. The van der Waals surface area contributed by atoms with Gasteiger partial charge in [0.15, 0.2) is 0 Å². The Kier molecular flexibility index (Phi) is 4.96. The SMILES string of the molecule is CCC[C@H](N)CN(C)Cc1cn(C)nc1C. The Morgan fingerprint density at radius 3 is 2.75 bits per heavy atom. The fourth-order valence-corrected chi connectivity index (χ4v) is 2.02. The van der Waals surface area contributed by atoms with Crippen LogP contribution in [0.25, 0.3) is 0 Å². The number of nitrogens with zero attached hydrogens (tertiary/aromatic N) is 3. The van der Waals surface area contributed by atoms with Crippen molar-refractivity contribution in [2.45, 2.75) is 39.3 Å². The fourth-order valence-electron chi connectivity index (χ4n) is 2.02. The van der Waals surface area contributed by atoms with Crippen molar-refractivity contribution < 1.29 is 0 Å². The first-order valence-electron chi connectivity index (χ1n) is 5.96. The second-order valence-electron chi connectivity index (χ2n) is 4.66. The van der Waals surface area contributed by atoms with E-state index in [2.05, 4.69) is 37.1 Å². The van der Waals surface area contributed by atoms with Crippen molar-refractivity contribution in [2.75, 3.05) is 13.6 Å². The minimum Gasteiger partial charge on any atom is -0.327 e. The zero-order valence-corrected chi connectivity index (χ0v) is 10.9. The summed E-state index contributed by atoms with van der Waals surface area (Å²) in [6.45, 7) is 6.10. The third-order valence-corrected chi connectivity index (χ3v) is 2.76. The lowest BCUT2D eigenvalue weighted by Crippen LogP contribution is -2.34. The molecule has 1 aromatic heterocycles. The summed E-state index contributed by atoms with van der Waals surface area (Å²) in [5.74, 6) is 0. The molecule has 0 aliphatic heterocycles. The van der Waals surface area contributed by atoms with Crippen LogP contribution in [0.3, 0.4) is 0 Å². The molecule has 1 atom stereocenters. The van der Waals surface area contributed by atoms with Crippen molar-refractivity contribution in [1.29, 1.82) is 0 Å². The smallest absolute Gasteiger partial charge is 0.0638 e. The van der Waals surface area contributed by atoms with E-state index < -0.39 is 0 Å². The van der Waals surface area contributed by atoms with Gasteiger partial charge >= 0.3 is 0 Å². The van der Waals surface area contributed by atoms with E-state index in [-0.39, 0.29) is 6.04 Å². The molecular weight excluding hydrogens is 200 g/mol. The average Bonchev–Trinajstić information content (AvgIpc) is 2.44. The lowest BCUT2D eigenvalue weighted by atomic mass is 10.1. The van der Waals surface area contributed by atoms with Gasteiger partial charge in [0.1, 0.15) is 0 Å². The molecule has 1 heterocycles. The van der Waals surface area contributed by atoms with E-state index in [0.717, 1.165) is 31.6 Å². The minimum absolute atomic E-state index is 0.284. The van der Waals surface area contributed by atoms with Gasteiger partial charge in [0, 0.05) is 37.9 Å². The molecule has 1 aromatic rings. The summed E-state index contributed by atoms with van der Waals surface area (Å²) in [6.07, 6.45) is 4.33. The third kappa shape index (κ3) is 3.94. The Morgan fingerprint density at radius 2 is 2.25 bits per heavy atom. The van der Waals surface area contributed by atoms with Gasteiger partial charge < -0.3 is 10.6 Å². The predicted molar refractivity (Wildman–Crippen MR) is 67.2 cm³/mol. The number of aromatic nitrogens is 2. The number of likely N-dealkylation sites (N-methyl/N-ethyl adjacent to an activating group) is 1. The monoisotopic (exact) mass is 224 g/mol. The maximum Gasteiger partial charge on any atom is 0.0638 e. The number of nitrogens with two attached hydrogens (primary N) is 1. The quantitative estimate of drug-likeness (QED) is 0.792. The maximum atomic E-state index is 6.02. The van der Waals surface area contributed by atoms with Gasteiger partial charge in [-0.05, 0) is 20.4 Å². The van der Waals surface area contributed by atoms with Crippen LogP contribution in [0.15, 0.2) is 6.20 Å². The topological polar surface area (TPSA) is 47.1 Å². The Labute approximate surface area is 98.4 Å². The molecule has 0 radical (unpaired) electrons. The number of hydrogen-bond acceptors (Lipinski definition) is 3. The molecule has 0 aliphatic rings. The second-order valence-corrected chi connectivity index (χ2v) is 4.66. The average molecular weight is 224 g/mol. The van der Waals surface area contributed by atoms with E-state index in [9.17, 15) is 0 Å². The van der Waals surface area contributed by atoms with E-state index in [1.165, 1.54) is 5.56 Å². The van der Waals surface area contributed by atoms with E-state index in [1.54, 1.807) is 0 Å². The summed E-state index contributed by atoms with van der Waals surface area (Å²) in [7, 11) is 4.07. The Balaban J connectivity index is 2.45. The molecule has 0 aromatic carbocycles. The molecule has 0 fully saturated rings. The normalized spacial score (nSPS) is 13.4. The molecule has 16 heavy (non-hydrogen) atoms. The maximum absolute atomic E-state index is 6.02. The van der Waals surface area contributed by atoms with Crippen LogP contribution in [-0.4, -0.2) is 34.3 Å². The molecular formula is C12H24N4. The van der Waals surface area contributed by atoms with Gasteiger partial charge in [-0.2, -0.15) is 5.10 Å². The molecule has 0 amide bonds. The Hall–Kier alpha value is -0.870. The molecule has 0 bridgehead atoms.